The SMILES string of the molecule is CC(=O)OCC1OC(OCCCCc2ccc3c(c2)C(C)(C)CCO3)C(OC(C)=O)C(OC(C)=O)C1OC(C)=O. The minimum atomic E-state index is -1.24. The van der Waals surface area contributed by atoms with E-state index in [4.69, 9.17) is 33.2 Å². The third kappa shape index (κ3) is 8.66. The van der Waals surface area contributed by atoms with Gasteiger partial charge in [-0.15, -0.1) is 0 Å². The van der Waals surface area contributed by atoms with Gasteiger partial charge in [0.2, 0.25) is 0 Å². The van der Waals surface area contributed by atoms with Crippen molar-refractivity contribution in [2.45, 2.75) is 103 Å². The van der Waals surface area contributed by atoms with Crippen LogP contribution in [-0.2, 0) is 59.4 Å². The largest absolute Gasteiger partial charge is 0.493 e. The van der Waals surface area contributed by atoms with Gasteiger partial charge in [-0.05, 0) is 42.7 Å². The van der Waals surface area contributed by atoms with Gasteiger partial charge in [0.15, 0.2) is 24.6 Å². The van der Waals surface area contributed by atoms with Gasteiger partial charge in [-0.2, -0.15) is 0 Å². The van der Waals surface area contributed by atoms with Crippen molar-refractivity contribution in [3.05, 3.63) is 29.3 Å². The number of esters is 4. The zero-order valence-corrected chi connectivity index (χ0v) is 24.1. The van der Waals surface area contributed by atoms with Gasteiger partial charge in [0.1, 0.15) is 18.5 Å². The monoisotopic (exact) mass is 564 g/mol. The molecule has 11 nitrogen and oxygen atoms in total. The van der Waals surface area contributed by atoms with Gasteiger partial charge in [0.25, 0.3) is 0 Å². The highest BCUT2D eigenvalue weighted by Crippen LogP contribution is 2.39. The number of hydrogen-bond donors (Lipinski definition) is 0. The van der Waals surface area contributed by atoms with Crippen LogP contribution in [0.4, 0.5) is 0 Å². The molecule has 1 fully saturated rings. The molecule has 1 saturated heterocycles. The molecule has 5 atom stereocenters. The number of rotatable bonds is 11. The summed E-state index contributed by atoms with van der Waals surface area (Å²) in [4.78, 5) is 47.2. The van der Waals surface area contributed by atoms with Crippen LogP contribution in [0.2, 0.25) is 0 Å². The van der Waals surface area contributed by atoms with Gasteiger partial charge in [0.05, 0.1) is 6.61 Å². The third-order valence-electron chi connectivity index (χ3n) is 6.85. The van der Waals surface area contributed by atoms with Gasteiger partial charge >= 0.3 is 23.9 Å². The van der Waals surface area contributed by atoms with Gasteiger partial charge in [-0.25, -0.2) is 0 Å². The van der Waals surface area contributed by atoms with E-state index in [0.717, 1.165) is 31.6 Å². The van der Waals surface area contributed by atoms with Crippen molar-refractivity contribution in [2.24, 2.45) is 0 Å². The van der Waals surface area contributed by atoms with E-state index in [-0.39, 0.29) is 18.6 Å². The second-order valence-electron chi connectivity index (χ2n) is 10.7. The lowest BCUT2D eigenvalue weighted by atomic mass is 9.79. The molecule has 0 amide bonds. The normalized spacial score (nSPS) is 25.1. The molecule has 0 bridgehead atoms. The summed E-state index contributed by atoms with van der Waals surface area (Å²) in [6.07, 6.45) is -2.61. The first-order valence-electron chi connectivity index (χ1n) is 13.6. The van der Waals surface area contributed by atoms with E-state index in [1.54, 1.807) is 0 Å². The average molecular weight is 565 g/mol. The Balaban J connectivity index is 1.68. The predicted octanol–water partition coefficient (Wildman–Crippen LogP) is 3.17. The van der Waals surface area contributed by atoms with Crippen molar-refractivity contribution in [2.75, 3.05) is 19.8 Å². The molecule has 40 heavy (non-hydrogen) atoms. The number of carbonyl (C=O) groups is 4. The highest BCUT2D eigenvalue weighted by Gasteiger charge is 2.52. The summed E-state index contributed by atoms with van der Waals surface area (Å²) in [7, 11) is 0. The van der Waals surface area contributed by atoms with E-state index in [0.29, 0.717) is 6.42 Å². The molecule has 2 aliphatic rings. The molecule has 1 aromatic rings. The van der Waals surface area contributed by atoms with Crippen molar-refractivity contribution in [1.29, 1.82) is 0 Å². The number of benzene rings is 1. The Hall–Kier alpha value is -3.18. The van der Waals surface area contributed by atoms with E-state index in [1.165, 1.54) is 38.8 Å². The molecule has 222 valence electrons. The Bertz CT molecular complexity index is 1070. The Morgan fingerprint density at radius 2 is 1.52 bits per heavy atom. The molecule has 0 aliphatic carbocycles. The van der Waals surface area contributed by atoms with Gasteiger partial charge < -0.3 is 33.2 Å². The number of hydrogen-bond acceptors (Lipinski definition) is 11. The average Bonchev–Trinajstić information content (AvgIpc) is 2.85. The maximum absolute atomic E-state index is 11.9. The topological polar surface area (TPSA) is 133 Å². The minimum Gasteiger partial charge on any atom is -0.493 e. The maximum Gasteiger partial charge on any atom is 0.303 e. The first-order valence-corrected chi connectivity index (χ1v) is 13.6. The fourth-order valence-corrected chi connectivity index (χ4v) is 4.89. The standard InChI is InChI=1S/C29H40O11/c1-17(30)36-16-24-25(37-18(2)31)26(38-19(3)32)27(39-20(4)33)28(40-24)35-13-8-7-9-21-10-11-23-22(15-21)29(5,6)12-14-34-23/h10-11,15,24-28H,7-9,12-14,16H2,1-6H3. The van der Waals surface area contributed by atoms with Crippen LogP contribution in [0.15, 0.2) is 18.2 Å². The Kier molecular flexibility index (Phi) is 10.9. The lowest BCUT2D eigenvalue weighted by molar-refractivity contribution is -0.308. The van der Waals surface area contributed by atoms with Crippen LogP contribution >= 0.6 is 0 Å². The van der Waals surface area contributed by atoms with Crippen molar-refractivity contribution < 1.29 is 52.3 Å². The van der Waals surface area contributed by atoms with Crippen molar-refractivity contribution in [1.82, 2.24) is 0 Å². The summed E-state index contributed by atoms with van der Waals surface area (Å²) in [6, 6.07) is 6.30. The lowest BCUT2D eigenvalue weighted by Crippen LogP contribution is -2.63. The van der Waals surface area contributed by atoms with Crippen LogP contribution in [0.1, 0.15) is 71.9 Å². The van der Waals surface area contributed by atoms with Crippen LogP contribution < -0.4 is 4.74 Å². The summed E-state index contributed by atoms with van der Waals surface area (Å²) >= 11 is 0. The second kappa shape index (κ2) is 13.9. The molecule has 0 N–H and O–H groups in total. The van der Waals surface area contributed by atoms with Crippen molar-refractivity contribution in [3.63, 3.8) is 0 Å². The maximum atomic E-state index is 11.9. The highest BCUT2D eigenvalue weighted by molar-refractivity contribution is 5.68. The molecule has 0 spiro atoms. The third-order valence-corrected chi connectivity index (χ3v) is 6.85. The number of ether oxygens (including phenoxy) is 7. The van der Waals surface area contributed by atoms with Crippen LogP contribution in [0, 0.1) is 0 Å². The van der Waals surface area contributed by atoms with Gasteiger partial charge in [0, 0.05) is 39.9 Å². The molecule has 0 aromatic heterocycles. The summed E-state index contributed by atoms with van der Waals surface area (Å²) in [6.45, 7) is 9.88. The first-order chi connectivity index (χ1) is 18.9. The quantitative estimate of drug-likeness (QED) is 0.223. The molecule has 0 radical (unpaired) electrons. The van der Waals surface area contributed by atoms with E-state index >= 15 is 0 Å². The number of fused-ring (bicyclic) bond motifs is 1. The number of unbranched alkanes of at least 4 members (excludes halogenated alkanes) is 1. The fourth-order valence-electron chi connectivity index (χ4n) is 4.89. The minimum absolute atomic E-state index is 0.0574. The molecule has 11 heteroatoms. The molecule has 5 unspecified atom stereocenters. The number of carbonyl (C=O) groups excluding carboxylic acids is 4. The first kappa shape index (κ1) is 31.3. The van der Waals surface area contributed by atoms with E-state index in [2.05, 4.69) is 26.0 Å². The molecular weight excluding hydrogens is 524 g/mol. The highest BCUT2D eigenvalue weighted by atomic mass is 16.7. The zero-order valence-electron chi connectivity index (χ0n) is 24.1. The molecule has 0 saturated carbocycles. The van der Waals surface area contributed by atoms with Crippen LogP contribution in [0.5, 0.6) is 5.75 Å². The molecule has 2 aliphatic heterocycles. The van der Waals surface area contributed by atoms with E-state index in [1.807, 2.05) is 6.07 Å². The second-order valence-corrected chi connectivity index (χ2v) is 10.7. The Morgan fingerprint density at radius 3 is 2.17 bits per heavy atom. The van der Waals surface area contributed by atoms with Gasteiger partial charge in [-0.3, -0.25) is 19.2 Å². The van der Waals surface area contributed by atoms with Crippen molar-refractivity contribution in [3.8, 4) is 5.75 Å². The smallest absolute Gasteiger partial charge is 0.303 e. The Labute approximate surface area is 234 Å². The molecule has 1 aromatic carbocycles. The lowest BCUT2D eigenvalue weighted by Gasteiger charge is -2.44. The molecule has 3 rings (SSSR count). The van der Waals surface area contributed by atoms with E-state index in [9.17, 15) is 19.2 Å². The summed E-state index contributed by atoms with van der Waals surface area (Å²) < 4.78 is 39.1. The summed E-state index contributed by atoms with van der Waals surface area (Å²) in [5, 5.41) is 0. The molecular formula is C29H40O11. The summed E-state index contributed by atoms with van der Waals surface area (Å²) in [5.74, 6) is -1.68. The van der Waals surface area contributed by atoms with Crippen molar-refractivity contribution >= 4 is 23.9 Å². The van der Waals surface area contributed by atoms with E-state index < -0.39 is 54.6 Å². The van der Waals surface area contributed by atoms with Gasteiger partial charge in [-0.1, -0.05) is 26.0 Å². The number of aryl methyl sites for hydroxylation is 1. The van der Waals surface area contributed by atoms with Crippen LogP contribution in [-0.4, -0.2) is 74.4 Å². The fraction of sp³-hybridized carbons (Fsp3) is 0.655. The van der Waals surface area contributed by atoms with Crippen LogP contribution in [0.3, 0.4) is 0 Å². The predicted molar refractivity (Wildman–Crippen MR) is 140 cm³/mol. The summed E-state index contributed by atoms with van der Waals surface area (Å²) in [5.41, 5.74) is 2.47. The molecule has 2 heterocycles. The van der Waals surface area contributed by atoms with Crippen LogP contribution in [0.25, 0.3) is 0 Å². The Morgan fingerprint density at radius 1 is 0.875 bits per heavy atom. The zero-order chi connectivity index (χ0) is 29.4.